The number of aliphatic hydroxyl groups excluding tert-OH is 1. The van der Waals surface area contributed by atoms with Gasteiger partial charge >= 0.3 is 0 Å². The minimum absolute atomic E-state index is 0.194. The van der Waals surface area contributed by atoms with E-state index in [9.17, 15) is 9.50 Å². The third-order valence-electron chi connectivity index (χ3n) is 1.90. The average Bonchev–Trinajstić information content (AvgIpc) is 2.18. The van der Waals surface area contributed by atoms with Crippen LogP contribution in [0.1, 0.15) is 25.5 Å². The Kier molecular flexibility index (Phi) is 4.14. The van der Waals surface area contributed by atoms with Crippen LogP contribution < -0.4 is 4.74 Å². The van der Waals surface area contributed by atoms with Gasteiger partial charge in [-0.15, -0.1) is 5.92 Å². The molecule has 0 saturated heterocycles. The van der Waals surface area contributed by atoms with Gasteiger partial charge in [-0.1, -0.05) is 5.92 Å². The van der Waals surface area contributed by atoms with Gasteiger partial charge in [0.05, 0.1) is 6.10 Å². The van der Waals surface area contributed by atoms with Gasteiger partial charge in [0.15, 0.2) is 0 Å². The molecular formula is C12H13FO2. The molecule has 15 heavy (non-hydrogen) atoms. The summed E-state index contributed by atoms with van der Waals surface area (Å²) >= 11 is 0. The second kappa shape index (κ2) is 5.38. The van der Waals surface area contributed by atoms with Crippen LogP contribution in [0.2, 0.25) is 0 Å². The van der Waals surface area contributed by atoms with Gasteiger partial charge in [0.2, 0.25) is 0 Å². The van der Waals surface area contributed by atoms with Crippen molar-refractivity contribution >= 4 is 0 Å². The smallest absolute Gasteiger partial charge is 0.149 e. The molecule has 2 nitrogen and oxygen atoms in total. The molecule has 3 heteroatoms. The third-order valence-corrected chi connectivity index (χ3v) is 1.90. The number of halogens is 1. The first-order valence-electron chi connectivity index (χ1n) is 4.65. The summed E-state index contributed by atoms with van der Waals surface area (Å²) in [6, 6.07) is 4.05. The number of rotatable bonds is 3. The van der Waals surface area contributed by atoms with E-state index in [2.05, 4.69) is 11.8 Å². The molecule has 1 N–H and O–H groups in total. The van der Waals surface area contributed by atoms with Crippen LogP contribution in [0, 0.1) is 17.7 Å². The molecule has 0 aliphatic heterocycles. The predicted molar refractivity (Wildman–Crippen MR) is 56.0 cm³/mol. The van der Waals surface area contributed by atoms with Crippen molar-refractivity contribution in [3.8, 4) is 17.6 Å². The molecule has 1 aromatic carbocycles. The SMILES string of the molecule is CC#CCOc1cc(F)ccc1C(C)O. The number of aliphatic hydroxyl groups is 1. The molecule has 0 aromatic heterocycles. The number of hydrogen-bond acceptors (Lipinski definition) is 2. The van der Waals surface area contributed by atoms with Crippen molar-refractivity contribution in [1.29, 1.82) is 0 Å². The third kappa shape index (κ3) is 3.26. The van der Waals surface area contributed by atoms with Crippen molar-refractivity contribution < 1.29 is 14.2 Å². The molecule has 0 aliphatic carbocycles. The Balaban J connectivity index is 2.90. The fourth-order valence-corrected chi connectivity index (χ4v) is 1.16. The second-order valence-corrected chi connectivity index (χ2v) is 3.07. The van der Waals surface area contributed by atoms with Gasteiger partial charge in [0.25, 0.3) is 0 Å². The summed E-state index contributed by atoms with van der Waals surface area (Å²) < 4.78 is 18.2. The Morgan fingerprint density at radius 2 is 2.27 bits per heavy atom. The minimum atomic E-state index is -0.685. The fourth-order valence-electron chi connectivity index (χ4n) is 1.16. The van der Waals surface area contributed by atoms with Gasteiger partial charge in [-0.25, -0.2) is 4.39 Å². The van der Waals surface area contributed by atoms with Crippen LogP contribution in [0.3, 0.4) is 0 Å². The van der Waals surface area contributed by atoms with E-state index in [1.807, 2.05) is 0 Å². The zero-order valence-electron chi connectivity index (χ0n) is 8.75. The molecule has 0 aliphatic rings. The van der Waals surface area contributed by atoms with Crippen LogP contribution in [-0.2, 0) is 0 Å². The molecule has 0 saturated carbocycles. The zero-order chi connectivity index (χ0) is 11.3. The van der Waals surface area contributed by atoms with Gasteiger partial charge in [-0.2, -0.15) is 0 Å². The molecule has 1 aromatic rings. The fraction of sp³-hybridized carbons (Fsp3) is 0.333. The lowest BCUT2D eigenvalue weighted by Crippen LogP contribution is -2.01. The van der Waals surface area contributed by atoms with E-state index < -0.39 is 6.10 Å². The quantitative estimate of drug-likeness (QED) is 0.772. The summed E-state index contributed by atoms with van der Waals surface area (Å²) in [6.45, 7) is 3.50. The van der Waals surface area contributed by atoms with Gasteiger partial charge in [-0.05, 0) is 26.0 Å². The first-order valence-corrected chi connectivity index (χ1v) is 4.65. The molecule has 80 valence electrons. The highest BCUT2D eigenvalue weighted by atomic mass is 19.1. The van der Waals surface area contributed by atoms with Crippen LogP contribution in [0.15, 0.2) is 18.2 Å². The number of hydrogen-bond donors (Lipinski definition) is 1. The number of benzene rings is 1. The van der Waals surface area contributed by atoms with E-state index in [0.29, 0.717) is 11.3 Å². The highest BCUT2D eigenvalue weighted by molar-refractivity contribution is 5.35. The second-order valence-electron chi connectivity index (χ2n) is 3.07. The van der Waals surface area contributed by atoms with Crippen LogP contribution in [0.25, 0.3) is 0 Å². The highest BCUT2D eigenvalue weighted by Gasteiger charge is 2.09. The molecule has 0 heterocycles. The maximum Gasteiger partial charge on any atom is 0.149 e. The Hall–Kier alpha value is -1.53. The molecule has 0 fully saturated rings. The molecule has 0 bridgehead atoms. The maximum absolute atomic E-state index is 12.9. The van der Waals surface area contributed by atoms with Crippen molar-refractivity contribution in [3.05, 3.63) is 29.6 Å². The van der Waals surface area contributed by atoms with E-state index in [1.54, 1.807) is 13.8 Å². The van der Waals surface area contributed by atoms with E-state index in [4.69, 9.17) is 4.74 Å². The molecule has 0 radical (unpaired) electrons. The van der Waals surface area contributed by atoms with Crippen molar-refractivity contribution in [3.63, 3.8) is 0 Å². The molecule has 1 unspecified atom stereocenters. The summed E-state index contributed by atoms with van der Waals surface area (Å²) in [6.07, 6.45) is -0.685. The summed E-state index contributed by atoms with van der Waals surface area (Å²) in [7, 11) is 0. The lowest BCUT2D eigenvalue weighted by atomic mass is 10.1. The van der Waals surface area contributed by atoms with E-state index in [0.717, 1.165) is 0 Å². The van der Waals surface area contributed by atoms with E-state index in [-0.39, 0.29) is 12.4 Å². The Labute approximate surface area is 88.7 Å². The monoisotopic (exact) mass is 208 g/mol. The predicted octanol–water partition coefficient (Wildman–Crippen LogP) is 2.28. The minimum Gasteiger partial charge on any atom is -0.480 e. The van der Waals surface area contributed by atoms with Crippen molar-refractivity contribution in [2.24, 2.45) is 0 Å². The zero-order valence-corrected chi connectivity index (χ0v) is 8.75. The first-order chi connectivity index (χ1) is 7.15. The topological polar surface area (TPSA) is 29.5 Å². The van der Waals surface area contributed by atoms with Crippen LogP contribution in [-0.4, -0.2) is 11.7 Å². The highest BCUT2D eigenvalue weighted by Crippen LogP contribution is 2.25. The molecule has 1 atom stereocenters. The Morgan fingerprint density at radius 1 is 1.53 bits per heavy atom. The summed E-state index contributed by atoms with van der Waals surface area (Å²) in [5.74, 6) is 5.33. The van der Waals surface area contributed by atoms with Gasteiger partial charge in [-0.3, -0.25) is 0 Å². The van der Waals surface area contributed by atoms with Crippen LogP contribution in [0.5, 0.6) is 5.75 Å². The largest absolute Gasteiger partial charge is 0.480 e. The van der Waals surface area contributed by atoms with E-state index in [1.165, 1.54) is 18.2 Å². The molecular weight excluding hydrogens is 195 g/mol. The lowest BCUT2D eigenvalue weighted by Gasteiger charge is -2.11. The van der Waals surface area contributed by atoms with Crippen LogP contribution >= 0.6 is 0 Å². The average molecular weight is 208 g/mol. The standard InChI is InChI=1S/C12H13FO2/c1-3-4-7-15-12-8-10(13)5-6-11(12)9(2)14/h5-6,8-9,14H,7H2,1-2H3. The molecule has 0 amide bonds. The Bertz CT molecular complexity index is 388. The normalized spacial score (nSPS) is 11.5. The Morgan fingerprint density at radius 3 is 2.87 bits per heavy atom. The molecule has 0 spiro atoms. The maximum atomic E-state index is 12.9. The van der Waals surface area contributed by atoms with Crippen molar-refractivity contribution in [1.82, 2.24) is 0 Å². The lowest BCUT2D eigenvalue weighted by molar-refractivity contribution is 0.193. The van der Waals surface area contributed by atoms with Gasteiger partial charge in [0, 0.05) is 11.6 Å². The van der Waals surface area contributed by atoms with E-state index >= 15 is 0 Å². The first kappa shape index (κ1) is 11.5. The van der Waals surface area contributed by atoms with Crippen LogP contribution in [0.4, 0.5) is 4.39 Å². The number of ether oxygens (including phenoxy) is 1. The van der Waals surface area contributed by atoms with Crippen molar-refractivity contribution in [2.45, 2.75) is 20.0 Å². The summed E-state index contributed by atoms with van der Waals surface area (Å²) in [5, 5.41) is 9.41. The van der Waals surface area contributed by atoms with Crippen molar-refractivity contribution in [2.75, 3.05) is 6.61 Å². The summed E-state index contributed by atoms with van der Waals surface area (Å²) in [5.41, 5.74) is 0.564. The van der Waals surface area contributed by atoms with Gasteiger partial charge < -0.3 is 9.84 Å². The summed E-state index contributed by atoms with van der Waals surface area (Å²) in [4.78, 5) is 0. The van der Waals surface area contributed by atoms with Gasteiger partial charge in [0.1, 0.15) is 18.2 Å². The molecule has 1 rings (SSSR count).